The largest absolute Gasteiger partial charge is 0.377 e. The first-order valence-electron chi connectivity index (χ1n) is 7.36. The molecular weight excluding hydrogens is 337 g/mol. The SMILES string of the molecule is CCC1=CC(=O)c2c(-c3c(Cl)cccc3Cl)noc2C1(O)CC. The minimum atomic E-state index is -1.34. The van der Waals surface area contributed by atoms with E-state index < -0.39 is 5.60 Å². The number of allylic oxidation sites excluding steroid dienone is 1. The number of halogens is 2. The summed E-state index contributed by atoms with van der Waals surface area (Å²) in [6.07, 6.45) is 2.37. The number of nitrogens with zero attached hydrogens (tertiary/aromatic N) is 1. The van der Waals surface area contributed by atoms with Gasteiger partial charge in [-0.05, 0) is 36.6 Å². The molecule has 120 valence electrons. The Morgan fingerprint density at radius 3 is 2.43 bits per heavy atom. The van der Waals surface area contributed by atoms with E-state index in [0.29, 0.717) is 34.0 Å². The Balaban J connectivity index is 2.28. The maximum absolute atomic E-state index is 12.6. The van der Waals surface area contributed by atoms with Gasteiger partial charge in [0.05, 0.1) is 15.6 Å². The average Bonchev–Trinajstić information content (AvgIpc) is 2.96. The van der Waals surface area contributed by atoms with Crippen LogP contribution in [0.1, 0.15) is 42.8 Å². The van der Waals surface area contributed by atoms with Crippen molar-refractivity contribution in [3.63, 3.8) is 0 Å². The zero-order valence-corrected chi connectivity index (χ0v) is 14.2. The molecule has 1 N–H and O–H groups in total. The van der Waals surface area contributed by atoms with Crippen molar-refractivity contribution in [1.82, 2.24) is 5.16 Å². The van der Waals surface area contributed by atoms with Crippen LogP contribution >= 0.6 is 23.2 Å². The molecule has 1 atom stereocenters. The number of ketones is 1. The normalized spacial score (nSPS) is 20.4. The lowest BCUT2D eigenvalue weighted by molar-refractivity contribution is 0.0355. The molecule has 1 aliphatic carbocycles. The molecule has 1 heterocycles. The van der Waals surface area contributed by atoms with Gasteiger partial charge in [-0.3, -0.25) is 4.79 Å². The molecule has 1 aromatic carbocycles. The predicted molar refractivity (Wildman–Crippen MR) is 88.9 cm³/mol. The van der Waals surface area contributed by atoms with Crippen molar-refractivity contribution in [2.75, 3.05) is 0 Å². The second-order valence-electron chi connectivity index (χ2n) is 5.43. The summed E-state index contributed by atoms with van der Waals surface area (Å²) in [6.45, 7) is 3.71. The van der Waals surface area contributed by atoms with Crippen LogP contribution in [0.15, 0.2) is 34.4 Å². The Morgan fingerprint density at radius 1 is 1.22 bits per heavy atom. The van der Waals surface area contributed by atoms with Crippen molar-refractivity contribution < 1.29 is 14.4 Å². The standard InChI is InChI=1S/C17H15Cl2NO3/c1-3-9-8-12(21)14-15(13-10(18)6-5-7-11(13)19)20-23-16(14)17(9,22)4-2/h5-8,22H,3-4H2,1-2H3. The summed E-state index contributed by atoms with van der Waals surface area (Å²) >= 11 is 12.4. The molecule has 6 heteroatoms. The van der Waals surface area contributed by atoms with Gasteiger partial charge in [-0.2, -0.15) is 0 Å². The smallest absolute Gasteiger partial charge is 0.191 e. The molecule has 1 aromatic heterocycles. The number of hydrogen-bond donors (Lipinski definition) is 1. The summed E-state index contributed by atoms with van der Waals surface area (Å²) in [4.78, 5) is 12.6. The molecule has 2 aromatic rings. The topological polar surface area (TPSA) is 63.3 Å². The second kappa shape index (κ2) is 5.78. The van der Waals surface area contributed by atoms with E-state index in [9.17, 15) is 9.90 Å². The number of carbonyl (C=O) groups excluding carboxylic acids is 1. The third-order valence-electron chi connectivity index (χ3n) is 4.24. The Morgan fingerprint density at radius 2 is 1.87 bits per heavy atom. The van der Waals surface area contributed by atoms with E-state index in [4.69, 9.17) is 27.7 Å². The molecule has 4 nitrogen and oxygen atoms in total. The number of benzene rings is 1. The number of carbonyl (C=O) groups is 1. The van der Waals surface area contributed by atoms with E-state index in [1.54, 1.807) is 18.2 Å². The molecule has 1 unspecified atom stereocenters. The van der Waals surface area contributed by atoms with Crippen LogP contribution < -0.4 is 0 Å². The minimum absolute atomic E-state index is 0.162. The number of rotatable bonds is 3. The first kappa shape index (κ1) is 16.2. The van der Waals surface area contributed by atoms with Crippen LogP contribution in [0.4, 0.5) is 0 Å². The summed E-state index contributed by atoms with van der Waals surface area (Å²) in [5.41, 5.74) is 0.198. The third kappa shape index (κ3) is 2.33. The predicted octanol–water partition coefficient (Wildman–Crippen LogP) is 4.78. The highest BCUT2D eigenvalue weighted by molar-refractivity contribution is 6.39. The van der Waals surface area contributed by atoms with Gasteiger partial charge in [0.1, 0.15) is 11.3 Å². The zero-order valence-electron chi connectivity index (χ0n) is 12.7. The lowest BCUT2D eigenvalue weighted by atomic mass is 9.78. The van der Waals surface area contributed by atoms with E-state index in [2.05, 4.69) is 5.16 Å². The lowest BCUT2D eigenvalue weighted by Gasteiger charge is -2.30. The highest BCUT2D eigenvalue weighted by atomic mass is 35.5. The quantitative estimate of drug-likeness (QED) is 0.864. The van der Waals surface area contributed by atoms with Gasteiger partial charge < -0.3 is 9.63 Å². The van der Waals surface area contributed by atoms with Crippen LogP contribution in [0.2, 0.25) is 10.0 Å². The zero-order chi connectivity index (χ0) is 16.8. The van der Waals surface area contributed by atoms with Gasteiger partial charge in [0.25, 0.3) is 0 Å². The second-order valence-corrected chi connectivity index (χ2v) is 6.25. The van der Waals surface area contributed by atoms with Crippen LogP contribution in [0.25, 0.3) is 11.3 Å². The fourth-order valence-corrected chi connectivity index (χ4v) is 3.55. The number of hydrogen-bond acceptors (Lipinski definition) is 4. The molecule has 23 heavy (non-hydrogen) atoms. The van der Waals surface area contributed by atoms with Crippen LogP contribution in [-0.2, 0) is 5.60 Å². The summed E-state index contributed by atoms with van der Waals surface area (Å²) in [5.74, 6) is -0.0995. The van der Waals surface area contributed by atoms with Gasteiger partial charge >= 0.3 is 0 Å². The van der Waals surface area contributed by atoms with E-state index >= 15 is 0 Å². The van der Waals surface area contributed by atoms with Crippen LogP contribution in [0, 0.1) is 0 Å². The summed E-state index contributed by atoms with van der Waals surface area (Å²) in [5, 5.41) is 15.7. The van der Waals surface area contributed by atoms with E-state index in [1.807, 2.05) is 13.8 Å². The molecule has 3 rings (SSSR count). The van der Waals surface area contributed by atoms with Crippen LogP contribution in [0.5, 0.6) is 0 Å². The van der Waals surface area contributed by atoms with Crippen LogP contribution in [0.3, 0.4) is 0 Å². The summed E-state index contributed by atoms with van der Waals surface area (Å²) in [7, 11) is 0. The van der Waals surface area contributed by atoms with Crippen molar-refractivity contribution in [3.8, 4) is 11.3 Å². The molecular formula is C17H15Cl2NO3. The first-order chi connectivity index (χ1) is 10.9. The highest BCUT2D eigenvalue weighted by Gasteiger charge is 2.44. The lowest BCUT2D eigenvalue weighted by Crippen LogP contribution is -2.32. The molecule has 1 aliphatic rings. The van der Waals surface area contributed by atoms with Crippen molar-refractivity contribution in [2.45, 2.75) is 32.3 Å². The van der Waals surface area contributed by atoms with Gasteiger partial charge in [-0.25, -0.2) is 0 Å². The maximum atomic E-state index is 12.6. The number of aliphatic hydroxyl groups is 1. The maximum Gasteiger partial charge on any atom is 0.191 e. The van der Waals surface area contributed by atoms with E-state index in [0.717, 1.165) is 0 Å². The van der Waals surface area contributed by atoms with Gasteiger partial charge in [0.15, 0.2) is 11.5 Å². The molecule has 0 saturated heterocycles. The first-order valence-corrected chi connectivity index (χ1v) is 8.11. The molecule has 0 fully saturated rings. The van der Waals surface area contributed by atoms with Gasteiger partial charge in [0, 0.05) is 5.56 Å². The Kier molecular flexibility index (Phi) is 4.08. The molecule has 0 bridgehead atoms. The molecule has 0 spiro atoms. The van der Waals surface area contributed by atoms with Crippen molar-refractivity contribution in [2.24, 2.45) is 0 Å². The van der Waals surface area contributed by atoms with Crippen molar-refractivity contribution >= 4 is 29.0 Å². The summed E-state index contributed by atoms with van der Waals surface area (Å²) < 4.78 is 5.38. The Bertz CT molecular complexity index is 805. The average molecular weight is 352 g/mol. The molecule has 0 radical (unpaired) electrons. The molecule has 0 aliphatic heterocycles. The van der Waals surface area contributed by atoms with Gasteiger partial charge in [-0.1, -0.05) is 48.3 Å². The van der Waals surface area contributed by atoms with Gasteiger partial charge in [-0.15, -0.1) is 0 Å². The van der Waals surface area contributed by atoms with Crippen molar-refractivity contribution in [1.29, 1.82) is 0 Å². The number of aromatic nitrogens is 1. The number of fused-ring (bicyclic) bond motifs is 1. The fraction of sp³-hybridized carbons (Fsp3) is 0.294. The van der Waals surface area contributed by atoms with E-state index in [1.165, 1.54) is 6.08 Å². The molecule has 0 saturated carbocycles. The Hall–Kier alpha value is -1.62. The van der Waals surface area contributed by atoms with Crippen molar-refractivity contribution in [3.05, 3.63) is 51.2 Å². The monoisotopic (exact) mass is 351 g/mol. The van der Waals surface area contributed by atoms with E-state index in [-0.39, 0.29) is 22.8 Å². The van der Waals surface area contributed by atoms with Crippen LogP contribution in [-0.4, -0.2) is 16.0 Å². The highest BCUT2D eigenvalue weighted by Crippen LogP contribution is 2.45. The Labute approximate surface area is 143 Å². The summed E-state index contributed by atoms with van der Waals surface area (Å²) in [6, 6.07) is 5.03. The minimum Gasteiger partial charge on any atom is -0.377 e. The third-order valence-corrected chi connectivity index (χ3v) is 4.87. The fourth-order valence-electron chi connectivity index (χ4n) is 2.97. The molecule has 0 amide bonds. The van der Waals surface area contributed by atoms with Gasteiger partial charge in [0.2, 0.25) is 0 Å².